The van der Waals surface area contributed by atoms with Crippen LogP contribution < -0.4 is 0 Å². The topological polar surface area (TPSA) is 55.8 Å². The van der Waals surface area contributed by atoms with Crippen LogP contribution in [0.15, 0.2) is 0 Å². The second-order valence-corrected chi connectivity index (χ2v) is 11.7. The smallest absolute Gasteiger partial charge is 0.305 e. The fourth-order valence-electron chi connectivity index (χ4n) is 9.01. The fourth-order valence-corrected chi connectivity index (χ4v) is 9.01. The van der Waals surface area contributed by atoms with E-state index in [0.717, 1.165) is 25.7 Å². The molecule has 0 heterocycles. The number of terminal acetylenes is 1. The highest BCUT2D eigenvalue weighted by Gasteiger charge is 2.63. The Morgan fingerprint density at radius 1 is 1.13 bits per heavy atom. The maximum atomic E-state index is 11.7. The van der Waals surface area contributed by atoms with Gasteiger partial charge in [-0.05, 0) is 104 Å². The van der Waals surface area contributed by atoms with Crippen molar-refractivity contribution in [3.8, 4) is 12.5 Å². The van der Waals surface area contributed by atoms with Gasteiger partial charge < -0.3 is 14.6 Å². The molecule has 0 aromatic carbocycles. The molecule has 174 valence electrons. The number of aliphatic hydroxyl groups excluding tert-OH is 1. The van der Waals surface area contributed by atoms with Crippen molar-refractivity contribution in [3.63, 3.8) is 0 Å². The zero-order chi connectivity index (χ0) is 22.4. The molecule has 4 aliphatic rings. The van der Waals surface area contributed by atoms with E-state index < -0.39 is 0 Å². The van der Waals surface area contributed by atoms with Gasteiger partial charge in [0, 0.05) is 6.42 Å². The SMILES string of the molecule is C#CO[C@@H]1CC[C@@]2(C)C(C1)C[C@H](O)[C@H]1C3CC[C@H]([C@H](C)CCC(=O)OC)[C@@]3(C)CC[C@@H]12. The summed E-state index contributed by atoms with van der Waals surface area (Å²) in [7, 11) is 1.48. The van der Waals surface area contributed by atoms with Crippen LogP contribution in [-0.4, -0.2) is 30.4 Å². The second-order valence-electron chi connectivity index (χ2n) is 11.7. The summed E-state index contributed by atoms with van der Waals surface area (Å²) in [5.41, 5.74) is 0.582. The minimum atomic E-state index is -0.207. The molecule has 10 atom stereocenters. The Balaban J connectivity index is 1.51. The number of rotatable bonds is 5. The van der Waals surface area contributed by atoms with E-state index in [1.54, 1.807) is 0 Å². The number of esters is 1. The summed E-state index contributed by atoms with van der Waals surface area (Å²) in [5, 5.41) is 11.4. The van der Waals surface area contributed by atoms with Crippen LogP contribution in [0.5, 0.6) is 0 Å². The maximum Gasteiger partial charge on any atom is 0.305 e. The molecular formula is C27H42O4. The van der Waals surface area contributed by atoms with Crippen molar-refractivity contribution in [1.82, 2.24) is 0 Å². The summed E-state index contributed by atoms with van der Waals surface area (Å²) in [4.78, 5) is 11.7. The average Bonchev–Trinajstić information content (AvgIpc) is 3.10. The third-order valence-electron chi connectivity index (χ3n) is 10.7. The highest BCUT2D eigenvalue weighted by molar-refractivity contribution is 5.69. The fraction of sp³-hybridized carbons (Fsp3) is 0.889. The van der Waals surface area contributed by atoms with E-state index in [0.29, 0.717) is 47.3 Å². The van der Waals surface area contributed by atoms with Crippen molar-refractivity contribution in [3.05, 3.63) is 0 Å². The van der Waals surface area contributed by atoms with Crippen LogP contribution in [0.25, 0.3) is 0 Å². The molecule has 31 heavy (non-hydrogen) atoms. The number of carbonyl (C=O) groups is 1. The number of hydrogen-bond acceptors (Lipinski definition) is 4. The van der Waals surface area contributed by atoms with E-state index in [4.69, 9.17) is 15.9 Å². The molecule has 4 saturated carbocycles. The molecule has 0 aromatic rings. The molecule has 4 fully saturated rings. The van der Waals surface area contributed by atoms with Gasteiger partial charge in [0.05, 0.1) is 13.2 Å². The predicted octanol–water partition coefficient (Wildman–Crippen LogP) is 5.18. The lowest BCUT2D eigenvalue weighted by Gasteiger charge is -2.62. The number of methoxy groups -OCH3 is 1. The molecule has 0 bridgehead atoms. The molecular weight excluding hydrogens is 388 g/mol. The summed E-state index contributed by atoms with van der Waals surface area (Å²) in [5.74, 6) is 3.20. The van der Waals surface area contributed by atoms with Gasteiger partial charge in [-0.25, -0.2) is 0 Å². The maximum absolute atomic E-state index is 11.7. The largest absolute Gasteiger partial charge is 0.469 e. The lowest BCUT2D eigenvalue weighted by molar-refractivity contribution is -0.174. The van der Waals surface area contributed by atoms with Crippen molar-refractivity contribution >= 4 is 5.97 Å². The molecule has 0 aromatic heterocycles. The Kier molecular flexibility index (Phi) is 6.39. The minimum Gasteiger partial charge on any atom is -0.469 e. The third-order valence-corrected chi connectivity index (χ3v) is 10.7. The van der Waals surface area contributed by atoms with Crippen molar-refractivity contribution < 1.29 is 19.4 Å². The van der Waals surface area contributed by atoms with Gasteiger partial charge in [0.25, 0.3) is 0 Å². The summed E-state index contributed by atoms with van der Waals surface area (Å²) >= 11 is 0. The first-order valence-corrected chi connectivity index (χ1v) is 12.6. The molecule has 0 saturated heterocycles. The quantitative estimate of drug-likeness (QED) is 0.482. The average molecular weight is 431 g/mol. The number of aliphatic hydroxyl groups is 1. The first-order valence-electron chi connectivity index (χ1n) is 12.6. The lowest BCUT2D eigenvalue weighted by atomic mass is 9.43. The normalized spacial score (nSPS) is 47.3. The molecule has 2 unspecified atom stereocenters. The van der Waals surface area contributed by atoms with Crippen LogP contribution in [0.2, 0.25) is 0 Å². The van der Waals surface area contributed by atoms with E-state index in [9.17, 15) is 9.90 Å². The van der Waals surface area contributed by atoms with Gasteiger partial charge >= 0.3 is 5.97 Å². The van der Waals surface area contributed by atoms with Crippen LogP contribution in [0.3, 0.4) is 0 Å². The van der Waals surface area contributed by atoms with Crippen LogP contribution in [0.1, 0.15) is 85.0 Å². The van der Waals surface area contributed by atoms with Gasteiger partial charge in [0.15, 0.2) is 0 Å². The zero-order valence-corrected chi connectivity index (χ0v) is 19.9. The zero-order valence-electron chi connectivity index (χ0n) is 19.9. The Bertz CT molecular complexity index is 713. The summed E-state index contributed by atoms with van der Waals surface area (Å²) in [6.45, 7) is 7.33. The van der Waals surface area contributed by atoms with Crippen molar-refractivity contribution in [2.24, 2.45) is 46.3 Å². The van der Waals surface area contributed by atoms with Crippen molar-refractivity contribution in [1.29, 1.82) is 0 Å². The Hall–Kier alpha value is -1.21. The molecule has 1 N–H and O–H groups in total. The third kappa shape index (κ3) is 3.79. The molecule has 0 spiro atoms. The van der Waals surface area contributed by atoms with E-state index in [2.05, 4.69) is 26.9 Å². The van der Waals surface area contributed by atoms with Gasteiger partial charge in [-0.2, -0.15) is 0 Å². The number of carbonyl (C=O) groups excluding carboxylic acids is 1. The Labute approximate surface area is 188 Å². The molecule has 4 nitrogen and oxygen atoms in total. The van der Waals surface area contributed by atoms with E-state index in [1.807, 2.05) is 0 Å². The molecule has 0 aliphatic heterocycles. The van der Waals surface area contributed by atoms with Gasteiger partial charge in [0.1, 0.15) is 12.2 Å². The Morgan fingerprint density at radius 2 is 1.84 bits per heavy atom. The second kappa shape index (κ2) is 8.62. The van der Waals surface area contributed by atoms with Crippen LogP contribution in [0, 0.1) is 58.9 Å². The number of ether oxygens (including phenoxy) is 2. The van der Waals surface area contributed by atoms with E-state index >= 15 is 0 Å². The summed E-state index contributed by atoms with van der Waals surface area (Å²) in [6.07, 6.45) is 18.2. The van der Waals surface area contributed by atoms with Gasteiger partial charge in [-0.3, -0.25) is 4.79 Å². The van der Waals surface area contributed by atoms with Crippen LogP contribution in [0.4, 0.5) is 0 Å². The first kappa shape index (κ1) is 23.0. The highest BCUT2D eigenvalue weighted by Crippen LogP contribution is 2.68. The van der Waals surface area contributed by atoms with E-state index in [-0.39, 0.29) is 23.6 Å². The van der Waals surface area contributed by atoms with Gasteiger partial charge in [-0.15, -0.1) is 0 Å². The van der Waals surface area contributed by atoms with Gasteiger partial charge in [-0.1, -0.05) is 27.2 Å². The summed E-state index contributed by atoms with van der Waals surface area (Å²) in [6, 6.07) is 0. The predicted molar refractivity (Wildman–Crippen MR) is 121 cm³/mol. The van der Waals surface area contributed by atoms with Gasteiger partial charge in [0.2, 0.25) is 0 Å². The van der Waals surface area contributed by atoms with Crippen molar-refractivity contribution in [2.45, 2.75) is 97.2 Å². The lowest BCUT2D eigenvalue weighted by Crippen LogP contribution is -2.58. The highest BCUT2D eigenvalue weighted by atomic mass is 16.5. The standard InChI is InChI=1S/C27H42O4/c1-6-31-19-11-13-26(3)18(15-19)16-23(28)25-21-9-8-20(17(2)7-10-24(29)30-5)27(21,4)14-12-22(25)26/h1,17-23,25,28H,7-16H2,2-5H3/t17-,18?,19-,20-,21?,22+,23+,25+,26+,27-/m1/s1. The monoisotopic (exact) mass is 430 g/mol. The first-order chi connectivity index (χ1) is 14.7. The van der Waals surface area contributed by atoms with E-state index in [1.165, 1.54) is 39.2 Å². The Morgan fingerprint density at radius 3 is 2.55 bits per heavy atom. The molecule has 4 heteroatoms. The molecule has 4 rings (SSSR count). The van der Waals surface area contributed by atoms with Crippen LogP contribution >= 0.6 is 0 Å². The summed E-state index contributed by atoms with van der Waals surface area (Å²) < 4.78 is 10.4. The minimum absolute atomic E-state index is 0.0960. The molecule has 0 amide bonds. The number of hydrogen-bond donors (Lipinski definition) is 1. The van der Waals surface area contributed by atoms with Crippen molar-refractivity contribution in [2.75, 3.05) is 7.11 Å². The number of fused-ring (bicyclic) bond motifs is 5. The molecule has 0 radical (unpaired) electrons. The molecule has 4 aliphatic carbocycles. The van der Waals surface area contributed by atoms with Crippen LogP contribution in [-0.2, 0) is 14.3 Å².